The van der Waals surface area contributed by atoms with Crippen molar-refractivity contribution in [2.75, 3.05) is 0 Å². The molecule has 31 heavy (non-hydrogen) atoms. The van der Waals surface area contributed by atoms with Gasteiger partial charge >= 0.3 is 5.97 Å². The molecule has 0 aliphatic rings. The zero-order chi connectivity index (χ0) is 25.0. The average Bonchev–Trinajstić information content (AvgIpc) is 2.59. The highest BCUT2D eigenvalue weighted by Gasteiger charge is 2.48. The van der Waals surface area contributed by atoms with Crippen LogP contribution in [0.1, 0.15) is 83.1 Å². The molecule has 9 heteroatoms. The minimum atomic E-state index is -1.38. The molecule has 0 saturated carbocycles. The van der Waals surface area contributed by atoms with Gasteiger partial charge in [-0.25, -0.2) is 4.79 Å². The minimum Gasteiger partial charge on any atom is -0.458 e. The summed E-state index contributed by atoms with van der Waals surface area (Å²) in [7, 11) is 0. The molecule has 0 aromatic carbocycles. The van der Waals surface area contributed by atoms with Crippen LogP contribution in [0.3, 0.4) is 0 Å². The number of nitrogens with one attached hydrogen (secondary N) is 2. The maximum atomic E-state index is 13.4. The molecule has 3 atom stereocenters. The lowest BCUT2D eigenvalue weighted by molar-refractivity contribution is -0.166. The van der Waals surface area contributed by atoms with Crippen LogP contribution in [0, 0.1) is 17.8 Å². The monoisotopic (exact) mass is 439 g/mol. The molecule has 178 valence electrons. The van der Waals surface area contributed by atoms with Crippen LogP contribution in [-0.4, -0.2) is 40.0 Å². The Morgan fingerprint density at radius 3 is 1.52 bits per heavy atom. The second-order valence-corrected chi connectivity index (χ2v) is 10.6. The third-order valence-corrected chi connectivity index (χ3v) is 6.19. The van der Waals surface area contributed by atoms with Gasteiger partial charge < -0.3 is 15.4 Å². The van der Waals surface area contributed by atoms with Crippen LogP contribution in [0.25, 0.3) is 10.4 Å². The fourth-order valence-electron chi connectivity index (χ4n) is 2.52. The fraction of sp³-hybridized carbons (Fsp3) is 0.864. The topological polar surface area (TPSA) is 133 Å². The lowest BCUT2D eigenvalue weighted by atomic mass is 9.81. The Morgan fingerprint density at radius 1 is 0.774 bits per heavy atom. The number of nitrogens with zero attached hydrogens (tertiary/aromatic N) is 3. The van der Waals surface area contributed by atoms with E-state index < -0.39 is 40.0 Å². The van der Waals surface area contributed by atoms with Crippen molar-refractivity contribution < 1.29 is 19.1 Å². The van der Waals surface area contributed by atoms with Crippen LogP contribution in [-0.2, 0) is 19.1 Å². The number of ether oxygens (including phenoxy) is 1. The van der Waals surface area contributed by atoms with Crippen molar-refractivity contribution in [1.29, 1.82) is 0 Å². The second kappa shape index (κ2) is 9.90. The number of amides is 2. The molecular formula is C22H41N5O4. The zero-order valence-electron chi connectivity index (χ0n) is 21.2. The highest BCUT2D eigenvalue weighted by atomic mass is 16.6. The molecule has 0 rings (SSSR count). The number of azide groups is 1. The highest BCUT2D eigenvalue weighted by molar-refractivity contribution is 5.97. The van der Waals surface area contributed by atoms with E-state index in [0.717, 1.165) is 0 Å². The third-order valence-electron chi connectivity index (χ3n) is 6.19. The third kappa shape index (κ3) is 6.60. The van der Waals surface area contributed by atoms with E-state index in [2.05, 4.69) is 20.7 Å². The molecule has 0 spiro atoms. The molecule has 0 bridgehead atoms. The van der Waals surface area contributed by atoms with Gasteiger partial charge in [-0.3, -0.25) is 9.59 Å². The van der Waals surface area contributed by atoms with Gasteiger partial charge in [-0.05, 0) is 64.8 Å². The van der Waals surface area contributed by atoms with Gasteiger partial charge in [0.25, 0.3) is 0 Å². The first-order valence-corrected chi connectivity index (χ1v) is 10.7. The SMILES string of the molecule is CC(C)[C@](C)(N=[N+]=[N-])C(=O)N[C@](C)(C(=O)N[C@](C)(C(=O)OC(C)(C)C)C(C)C)C(C)C. The Kier molecular flexibility index (Phi) is 9.17. The van der Waals surface area contributed by atoms with Gasteiger partial charge in [0.2, 0.25) is 11.8 Å². The van der Waals surface area contributed by atoms with Crippen LogP contribution in [0.5, 0.6) is 0 Å². The molecule has 0 aromatic heterocycles. The molecule has 0 aliphatic heterocycles. The van der Waals surface area contributed by atoms with Crippen molar-refractivity contribution in [3.8, 4) is 0 Å². The number of carbonyl (C=O) groups excluding carboxylic acids is 3. The summed E-state index contributed by atoms with van der Waals surface area (Å²) >= 11 is 0. The molecule has 0 fully saturated rings. The molecule has 0 unspecified atom stereocenters. The van der Waals surface area contributed by atoms with E-state index in [-0.39, 0.29) is 17.8 Å². The van der Waals surface area contributed by atoms with Crippen molar-refractivity contribution in [3.63, 3.8) is 0 Å². The number of esters is 1. The van der Waals surface area contributed by atoms with Crippen molar-refractivity contribution in [1.82, 2.24) is 10.6 Å². The maximum Gasteiger partial charge on any atom is 0.332 e. The van der Waals surface area contributed by atoms with Crippen LogP contribution in [0.2, 0.25) is 0 Å². The quantitative estimate of drug-likeness (QED) is 0.242. The van der Waals surface area contributed by atoms with Crippen LogP contribution in [0.15, 0.2) is 5.11 Å². The Balaban J connectivity index is 6.09. The first-order valence-electron chi connectivity index (χ1n) is 10.7. The molecule has 0 radical (unpaired) electrons. The lowest BCUT2D eigenvalue weighted by Gasteiger charge is -2.41. The molecule has 0 aromatic rings. The van der Waals surface area contributed by atoms with Crippen LogP contribution >= 0.6 is 0 Å². The summed E-state index contributed by atoms with van der Waals surface area (Å²) < 4.78 is 5.54. The van der Waals surface area contributed by atoms with Gasteiger partial charge in [0, 0.05) is 4.91 Å². The van der Waals surface area contributed by atoms with Gasteiger partial charge in [0.15, 0.2) is 0 Å². The molecule has 0 heterocycles. The van der Waals surface area contributed by atoms with E-state index in [1.54, 1.807) is 62.3 Å². The van der Waals surface area contributed by atoms with Crippen molar-refractivity contribution >= 4 is 17.8 Å². The first-order chi connectivity index (χ1) is 13.8. The summed E-state index contributed by atoms with van der Waals surface area (Å²) in [5, 5.41) is 9.30. The smallest absolute Gasteiger partial charge is 0.332 e. The van der Waals surface area contributed by atoms with Gasteiger partial charge in [-0.1, -0.05) is 46.7 Å². The zero-order valence-corrected chi connectivity index (χ0v) is 21.2. The standard InChI is InChI=1S/C22H41N5O4/c1-13(2)20(10,24-17(29)21(11,14(3)4)26-27-23)16(28)25-22(12,15(5)6)18(30)31-19(7,8)9/h13-15H,1-12H3,(H,24,29)(H,25,28)/t20-,21-,22-/m0/s1. The van der Waals surface area contributed by atoms with Crippen molar-refractivity contribution in [2.45, 2.75) is 105 Å². The summed E-state index contributed by atoms with van der Waals surface area (Å²) in [6, 6.07) is 0. The number of carbonyl (C=O) groups is 3. The molecule has 0 saturated heterocycles. The van der Waals surface area contributed by atoms with Gasteiger partial charge in [0.1, 0.15) is 22.2 Å². The molecule has 2 N–H and O–H groups in total. The van der Waals surface area contributed by atoms with Crippen molar-refractivity contribution in [3.05, 3.63) is 10.4 Å². The average molecular weight is 440 g/mol. The summed E-state index contributed by atoms with van der Waals surface area (Å²) in [4.78, 5) is 42.3. The summed E-state index contributed by atoms with van der Waals surface area (Å²) in [5.74, 6) is -2.54. The summed E-state index contributed by atoms with van der Waals surface area (Å²) in [6.07, 6.45) is 0. The number of rotatable bonds is 9. The Bertz CT molecular complexity index is 737. The normalized spacial score (nSPS) is 17.8. The lowest BCUT2D eigenvalue weighted by Crippen LogP contribution is -2.68. The van der Waals surface area contributed by atoms with Crippen molar-refractivity contribution in [2.24, 2.45) is 22.9 Å². The first kappa shape index (κ1) is 28.7. The molecule has 2 amide bonds. The molecule has 9 nitrogen and oxygen atoms in total. The van der Waals surface area contributed by atoms with E-state index in [0.29, 0.717) is 0 Å². The predicted molar refractivity (Wildman–Crippen MR) is 121 cm³/mol. The van der Waals surface area contributed by atoms with Crippen LogP contribution < -0.4 is 10.6 Å². The number of hydrogen-bond acceptors (Lipinski definition) is 5. The summed E-state index contributed by atoms with van der Waals surface area (Å²) in [6.45, 7) is 20.8. The summed E-state index contributed by atoms with van der Waals surface area (Å²) in [5.41, 5.74) is 4.16. The largest absolute Gasteiger partial charge is 0.458 e. The van der Waals surface area contributed by atoms with Crippen LogP contribution in [0.4, 0.5) is 0 Å². The van der Waals surface area contributed by atoms with E-state index in [9.17, 15) is 14.4 Å². The van der Waals surface area contributed by atoms with E-state index >= 15 is 0 Å². The molecule has 0 aliphatic carbocycles. The Morgan fingerprint density at radius 2 is 1.19 bits per heavy atom. The van der Waals surface area contributed by atoms with E-state index in [4.69, 9.17) is 10.3 Å². The highest BCUT2D eigenvalue weighted by Crippen LogP contribution is 2.28. The maximum absolute atomic E-state index is 13.4. The Hall–Kier alpha value is -2.28. The molecular weight excluding hydrogens is 398 g/mol. The van der Waals surface area contributed by atoms with Gasteiger partial charge in [0.05, 0.1) is 0 Å². The fourth-order valence-corrected chi connectivity index (χ4v) is 2.52. The van der Waals surface area contributed by atoms with Gasteiger partial charge in [-0.2, -0.15) is 0 Å². The van der Waals surface area contributed by atoms with E-state index in [1.807, 2.05) is 13.8 Å². The number of hydrogen-bond donors (Lipinski definition) is 2. The van der Waals surface area contributed by atoms with Gasteiger partial charge in [-0.15, -0.1) is 0 Å². The second-order valence-electron chi connectivity index (χ2n) is 10.6. The predicted octanol–water partition coefficient (Wildman–Crippen LogP) is 4.11. The Labute approximate surface area is 186 Å². The minimum absolute atomic E-state index is 0.275. The van der Waals surface area contributed by atoms with E-state index in [1.165, 1.54) is 6.92 Å².